The predicted octanol–water partition coefficient (Wildman–Crippen LogP) is 0.887. The van der Waals surface area contributed by atoms with Gasteiger partial charge in [0, 0.05) is 37.5 Å². The molecule has 0 unspecified atom stereocenters. The smallest absolute Gasteiger partial charge is 0.345 e. The molecule has 0 saturated carbocycles. The summed E-state index contributed by atoms with van der Waals surface area (Å²) in [6.07, 6.45) is 1.80. The highest BCUT2D eigenvalue weighted by Gasteiger charge is 2.45. The van der Waals surface area contributed by atoms with Crippen LogP contribution in [0.1, 0.15) is 33.0 Å². The molecule has 2 fully saturated rings. The molecule has 144 valence electrons. The van der Waals surface area contributed by atoms with Gasteiger partial charge in [-0.1, -0.05) is 0 Å². The molecule has 4 heterocycles. The minimum atomic E-state index is -3.49. The van der Waals surface area contributed by atoms with Gasteiger partial charge in [-0.25, -0.2) is 4.79 Å². The fourth-order valence-corrected chi connectivity index (χ4v) is 6.61. The van der Waals surface area contributed by atoms with Crippen LogP contribution in [0.2, 0.25) is 0 Å². The van der Waals surface area contributed by atoms with Gasteiger partial charge in [0.1, 0.15) is 4.88 Å². The Bertz CT molecular complexity index is 792. The first-order valence-electron chi connectivity index (χ1n) is 8.76. The molecule has 26 heavy (non-hydrogen) atoms. The van der Waals surface area contributed by atoms with Gasteiger partial charge in [-0.05, 0) is 24.5 Å². The van der Waals surface area contributed by atoms with Crippen molar-refractivity contribution in [2.75, 3.05) is 46.0 Å². The summed E-state index contributed by atoms with van der Waals surface area (Å²) in [6.45, 7) is 2.92. The van der Waals surface area contributed by atoms with Gasteiger partial charge in [-0.15, -0.1) is 11.3 Å². The Morgan fingerprint density at radius 2 is 1.77 bits per heavy atom. The van der Waals surface area contributed by atoms with Crippen LogP contribution in [0.4, 0.5) is 0 Å². The number of hydrogen-bond donors (Lipinski definition) is 1. The monoisotopic (exact) mass is 402 g/mol. The largest absolute Gasteiger partial charge is 0.477 e. The molecule has 8 nitrogen and oxygen atoms in total. The third-order valence-electron chi connectivity index (χ3n) is 5.37. The van der Waals surface area contributed by atoms with Crippen molar-refractivity contribution < 1.29 is 27.8 Å². The van der Waals surface area contributed by atoms with Crippen LogP contribution in [0.3, 0.4) is 0 Å². The zero-order chi connectivity index (χ0) is 18.4. The van der Waals surface area contributed by atoms with E-state index in [2.05, 4.69) is 0 Å². The van der Waals surface area contributed by atoms with Crippen molar-refractivity contribution in [1.82, 2.24) is 8.61 Å². The van der Waals surface area contributed by atoms with Crippen LogP contribution in [0, 0.1) is 0 Å². The van der Waals surface area contributed by atoms with Crippen LogP contribution < -0.4 is 0 Å². The molecule has 3 aliphatic heterocycles. The average Bonchev–Trinajstić information content (AvgIpc) is 3.09. The number of carboxylic acids is 1. The van der Waals surface area contributed by atoms with E-state index in [1.807, 2.05) is 0 Å². The number of piperidine rings is 1. The van der Waals surface area contributed by atoms with Crippen LogP contribution in [0.25, 0.3) is 0 Å². The Morgan fingerprint density at radius 1 is 1.12 bits per heavy atom. The van der Waals surface area contributed by atoms with E-state index in [1.165, 1.54) is 19.9 Å². The van der Waals surface area contributed by atoms with Gasteiger partial charge in [-0.2, -0.15) is 17.0 Å². The molecule has 10 heteroatoms. The lowest BCUT2D eigenvalue weighted by atomic mass is 9.83. The first-order valence-corrected chi connectivity index (χ1v) is 11.0. The van der Waals surface area contributed by atoms with E-state index in [-0.39, 0.29) is 0 Å². The SMILES string of the molecule is O=C(O)c1cc2c(s1)CCOC21CCN(S(=O)(=O)N2CCOCC2)CC1. The molecule has 1 aromatic heterocycles. The van der Waals surface area contributed by atoms with E-state index in [9.17, 15) is 18.3 Å². The summed E-state index contributed by atoms with van der Waals surface area (Å²) >= 11 is 1.31. The molecule has 0 bridgehead atoms. The highest BCUT2D eigenvalue weighted by molar-refractivity contribution is 7.86. The fraction of sp³-hybridized carbons (Fsp3) is 0.688. The lowest BCUT2D eigenvalue weighted by Gasteiger charge is -2.44. The first kappa shape index (κ1) is 18.3. The van der Waals surface area contributed by atoms with Crippen molar-refractivity contribution in [2.45, 2.75) is 24.9 Å². The number of thiophene rings is 1. The van der Waals surface area contributed by atoms with E-state index < -0.39 is 21.8 Å². The lowest BCUT2D eigenvalue weighted by molar-refractivity contribution is -0.0888. The van der Waals surface area contributed by atoms with Crippen LogP contribution in [0.15, 0.2) is 6.07 Å². The van der Waals surface area contributed by atoms with Crippen LogP contribution in [-0.4, -0.2) is 74.1 Å². The summed E-state index contributed by atoms with van der Waals surface area (Å²) in [7, 11) is -3.49. The van der Waals surface area contributed by atoms with E-state index in [0.29, 0.717) is 70.1 Å². The van der Waals surface area contributed by atoms with Crippen molar-refractivity contribution >= 4 is 27.5 Å². The first-order chi connectivity index (χ1) is 12.4. The van der Waals surface area contributed by atoms with E-state index in [4.69, 9.17) is 9.47 Å². The molecule has 1 aromatic rings. The number of aromatic carboxylic acids is 1. The molecule has 4 rings (SSSR count). The summed E-state index contributed by atoms with van der Waals surface area (Å²) in [5.41, 5.74) is 0.379. The Morgan fingerprint density at radius 3 is 2.42 bits per heavy atom. The van der Waals surface area contributed by atoms with Crippen LogP contribution >= 0.6 is 11.3 Å². The molecule has 0 atom stereocenters. The van der Waals surface area contributed by atoms with Gasteiger partial charge in [0.05, 0.1) is 25.4 Å². The van der Waals surface area contributed by atoms with Gasteiger partial charge in [0.2, 0.25) is 0 Å². The molecule has 0 aliphatic carbocycles. The molecule has 0 radical (unpaired) electrons. The van der Waals surface area contributed by atoms with Gasteiger partial charge in [0.25, 0.3) is 10.2 Å². The number of carboxylic acid groups (broad SMARTS) is 1. The number of fused-ring (bicyclic) bond motifs is 2. The molecule has 1 N–H and O–H groups in total. The number of hydrogen-bond acceptors (Lipinski definition) is 6. The van der Waals surface area contributed by atoms with Crippen molar-refractivity contribution in [2.24, 2.45) is 0 Å². The predicted molar refractivity (Wildman–Crippen MR) is 94.7 cm³/mol. The van der Waals surface area contributed by atoms with Gasteiger partial charge in [-0.3, -0.25) is 0 Å². The van der Waals surface area contributed by atoms with Crippen molar-refractivity contribution in [3.63, 3.8) is 0 Å². The van der Waals surface area contributed by atoms with Crippen LogP contribution in [-0.2, 0) is 31.7 Å². The molecule has 1 spiro atoms. The maximum Gasteiger partial charge on any atom is 0.345 e. The van der Waals surface area contributed by atoms with E-state index >= 15 is 0 Å². The Hall–Kier alpha value is -1.04. The van der Waals surface area contributed by atoms with E-state index in [0.717, 1.165) is 10.4 Å². The Labute approximate surface area is 156 Å². The summed E-state index contributed by atoms with van der Waals surface area (Å²) < 4.78 is 40.0. The number of nitrogens with zero attached hydrogens (tertiary/aromatic N) is 2. The minimum Gasteiger partial charge on any atom is -0.477 e. The molecule has 0 aromatic carbocycles. The number of morpholine rings is 1. The molecule has 2 saturated heterocycles. The summed E-state index contributed by atoms with van der Waals surface area (Å²) in [5, 5.41) is 9.28. The van der Waals surface area contributed by atoms with Crippen molar-refractivity contribution in [3.05, 3.63) is 21.4 Å². The average molecular weight is 402 g/mol. The number of rotatable bonds is 3. The zero-order valence-electron chi connectivity index (χ0n) is 14.3. The molecular formula is C16H22N2O6S2. The fourth-order valence-electron chi connectivity index (χ4n) is 3.95. The topological polar surface area (TPSA) is 96.4 Å². The van der Waals surface area contributed by atoms with Crippen molar-refractivity contribution in [3.8, 4) is 0 Å². The summed E-state index contributed by atoms with van der Waals surface area (Å²) in [6, 6.07) is 1.72. The Balaban J connectivity index is 1.53. The highest BCUT2D eigenvalue weighted by atomic mass is 32.2. The summed E-state index contributed by atoms with van der Waals surface area (Å²) in [4.78, 5) is 12.7. The second kappa shape index (κ2) is 6.84. The number of carbonyl (C=O) groups is 1. The normalized spacial score (nSPS) is 24.5. The van der Waals surface area contributed by atoms with Crippen LogP contribution in [0.5, 0.6) is 0 Å². The second-order valence-corrected chi connectivity index (χ2v) is 9.83. The van der Waals surface area contributed by atoms with Gasteiger partial charge < -0.3 is 14.6 Å². The molecule has 3 aliphatic rings. The zero-order valence-corrected chi connectivity index (χ0v) is 16.0. The highest BCUT2D eigenvalue weighted by Crippen LogP contribution is 2.45. The third kappa shape index (κ3) is 3.08. The number of ether oxygens (including phenoxy) is 2. The van der Waals surface area contributed by atoms with E-state index in [1.54, 1.807) is 6.07 Å². The maximum atomic E-state index is 12.8. The maximum absolute atomic E-state index is 12.8. The second-order valence-electron chi connectivity index (χ2n) is 6.76. The molecule has 0 amide bonds. The van der Waals surface area contributed by atoms with Crippen molar-refractivity contribution in [1.29, 1.82) is 0 Å². The molecular weight excluding hydrogens is 380 g/mol. The summed E-state index contributed by atoms with van der Waals surface area (Å²) in [5.74, 6) is -0.924. The quantitative estimate of drug-likeness (QED) is 0.807. The standard InChI is InChI=1S/C16H22N2O6S2/c19-15(20)14-11-12-13(25-14)1-8-24-16(12)2-4-17(5-3-16)26(21,22)18-6-9-23-10-7-18/h11H,1-10H2,(H,19,20). The Kier molecular flexibility index (Phi) is 4.82. The lowest BCUT2D eigenvalue weighted by Crippen LogP contribution is -2.53. The third-order valence-corrected chi connectivity index (χ3v) is 8.59. The van der Waals surface area contributed by atoms with Gasteiger partial charge in [0.15, 0.2) is 0 Å². The minimum absolute atomic E-state index is 0.322. The van der Waals surface area contributed by atoms with Gasteiger partial charge >= 0.3 is 5.97 Å².